The second-order valence-electron chi connectivity index (χ2n) is 5.95. The highest BCUT2D eigenvalue weighted by Crippen LogP contribution is 2.29. The summed E-state index contributed by atoms with van der Waals surface area (Å²) in [5, 5.41) is 2.99. The number of ether oxygens (including phenoxy) is 1. The van der Waals surface area contributed by atoms with Crippen LogP contribution in [0.2, 0.25) is 0 Å². The first-order chi connectivity index (χ1) is 10.2. The molecule has 1 N–H and O–H groups in total. The van der Waals surface area contributed by atoms with E-state index in [-0.39, 0.29) is 30.4 Å². The lowest BCUT2D eigenvalue weighted by Gasteiger charge is -2.27. The van der Waals surface area contributed by atoms with Gasteiger partial charge in [0.25, 0.3) is 5.91 Å². The molecule has 2 aliphatic carbocycles. The third kappa shape index (κ3) is 3.26. The lowest BCUT2D eigenvalue weighted by atomic mass is 9.86. The first kappa shape index (κ1) is 14.1. The van der Waals surface area contributed by atoms with E-state index >= 15 is 0 Å². The molecule has 0 unspecified atom stereocenters. The second-order valence-corrected chi connectivity index (χ2v) is 5.95. The average molecular weight is 287 g/mol. The summed E-state index contributed by atoms with van der Waals surface area (Å²) in [7, 11) is 0. The summed E-state index contributed by atoms with van der Waals surface area (Å²) < 4.78 is 5.09. The zero-order valence-corrected chi connectivity index (χ0v) is 12.1. The summed E-state index contributed by atoms with van der Waals surface area (Å²) in [5.41, 5.74) is 2.50. The van der Waals surface area contributed by atoms with Crippen LogP contribution in [0, 0.1) is 5.92 Å². The van der Waals surface area contributed by atoms with Crippen LogP contribution in [0.3, 0.4) is 0 Å². The van der Waals surface area contributed by atoms with Gasteiger partial charge in [0, 0.05) is 0 Å². The van der Waals surface area contributed by atoms with Crippen LogP contribution in [0.1, 0.15) is 49.3 Å². The molecule has 0 bridgehead atoms. The molecule has 1 saturated carbocycles. The van der Waals surface area contributed by atoms with Crippen LogP contribution in [0.4, 0.5) is 0 Å². The van der Waals surface area contributed by atoms with Crippen LogP contribution in [-0.2, 0) is 20.7 Å². The van der Waals surface area contributed by atoms with Gasteiger partial charge in [0.1, 0.15) is 0 Å². The SMILES string of the molecule is O=C(COC(=O)C1CCC1)N[C@@H]1CCCc2ccccc21. The number of carbonyl (C=O) groups excluding carboxylic acids is 2. The Morgan fingerprint density at radius 1 is 1.14 bits per heavy atom. The van der Waals surface area contributed by atoms with E-state index in [0.717, 1.165) is 38.5 Å². The van der Waals surface area contributed by atoms with Gasteiger partial charge in [-0.25, -0.2) is 0 Å². The van der Waals surface area contributed by atoms with E-state index in [0.29, 0.717) is 0 Å². The number of hydrogen-bond donors (Lipinski definition) is 1. The van der Waals surface area contributed by atoms with Gasteiger partial charge in [-0.3, -0.25) is 9.59 Å². The van der Waals surface area contributed by atoms with Crippen LogP contribution < -0.4 is 5.32 Å². The van der Waals surface area contributed by atoms with Gasteiger partial charge in [0.15, 0.2) is 6.61 Å². The third-order valence-electron chi connectivity index (χ3n) is 4.49. The lowest BCUT2D eigenvalue weighted by Crippen LogP contribution is -2.35. The van der Waals surface area contributed by atoms with E-state index < -0.39 is 0 Å². The number of nitrogens with one attached hydrogen (secondary N) is 1. The van der Waals surface area contributed by atoms with Crippen LogP contribution in [0.5, 0.6) is 0 Å². The number of fused-ring (bicyclic) bond motifs is 1. The van der Waals surface area contributed by atoms with Crippen molar-refractivity contribution in [2.24, 2.45) is 5.92 Å². The van der Waals surface area contributed by atoms with Gasteiger partial charge in [-0.05, 0) is 43.2 Å². The van der Waals surface area contributed by atoms with Gasteiger partial charge in [0.2, 0.25) is 0 Å². The molecule has 21 heavy (non-hydrogen) atoms. The Hall–Kier alpha value is -1.84. The van der Waals surface area contributed by atoms with E-state index in [9.17, 15) is 9.59 Å². The van der Waals surface area contributed by atoms with E-state index in [4.69, 9.17) is 4.74 Å². The van der Waals surface area contributed by atoms with Crippen LogP contribution in [0.25, 0.3) is 0 Å². The zero-order valence-electron chi connectivity index (χ0n) is 12.1. The molecule has 1 atom stereocenters. The maximum Gasteiger partial charge on any atom is 0.309 e. The minimum atomic E-state index is -0.222. The fourth-order valence-corrected chi connectivity index (χ4v) is 3.04. The molecule has 3 rings (SSSR count). The van der Waals surface area contributed by atoms with Crippen LogP contribution in [-0.4, -0.2) is 18.5 Å². The monoisotopic (exact) mass is 287 g/mol. The van der Waals surface area contributed by atoms with Crippen molar-refractivity contribution in [3.8, 4) is 0 Å². The molecule has 0 saturated heterocycles. The smallest absolute Gasteiger partial charge is 0.309 e. The molecule has 0 aromatic heterocycles. The van der Waals surface area contributed by atoms with Crippen molar-refractivity contribution in [2.75, 3.05) is 6.61 Å². The second kappa shape index (κ2) is 6.29. The summed E-state index contributed by atoms with van der Waals surface area (Å²) in [4.78, 5) is 23.6. The third-order valence-corrected chi connectivity index (χ3v) is 4.49. The van der Waals surface area contributed by atoms with Gasteiger partial charge < -0.3 is 10.1 Å². The highest BCUT2D eigenvalue weighted by molar-refractivity contribution is 5.81. The van der Waals surface area contributed by atoms with Crippen LogP contribution in [0.15, 0.2) is 24.3 Å². The van der Waals surface area contributed by atoms with Gasteiger partial charge in [0.05, 0.1) is 12.0 Å². The summed E-state index contributed by atoms with van der Waals surface area (Å²) >= 11 is 0. The van der Waals surface area contributed by atoms with E-state index in [1.807, 2.05) is 12.1 Å². The first-order valence-electron chi connectivity index (χ1n) is 7.78. The minimum absolute atomic E-state index is 0.0215. The number of amides is 1. The molecule has 0 aliphatic heterocycles. The van der Waals surface area contributed by atoms with E-state index in [1.165, 1.54) is 11.1 Å². The number of carbonyl (C=O) groups is 2. The van der Waals surface area contributed by atoms with Gasteiger partial charge in [-0.2, -0.15) is 0 Å². The largest absolute Gasteiger partial charge is 0.455 e. The van der Waals surface area contributed by atoms with Crippen molar-refractivity contribution in [2.45, 2.75) is 44.6 Å². The van der Waals surface area contributed by atoms with Gasteiger partial charge >= 0.3 is 5.97 Å². The number of aryl methyl sites for hydroxylation is 1. The molecule has 1 aromatic carbocycles. The predicted molar refractivity (Wildman–Crippen MR) is 78.6 cm³/mol. The molecule has 1 fully saturated rings. The number of rotatable bonds is 4. The van der Waals surface area contributed by atoms with Crippen LogP contribution >= 0.6 is 0 Å². The molecular weight excluding hydrogens is 266 g/mol. The Labute approximate surface area is 124 Å². The van der Waals surface area contributed by atoms with E-state index in [2.05, 4.69) is 17.4 Å². The summed E-state index contributed by atoms with van der Waals surface area (Å²) in [6.07, 6.45) is 5.97. The summed E-state index contributed by atoms with van der Waals surface area (Å²) in [6.45, 7) is -0.159. The Bertz CT molecular complexity index is 537. The molecule has 1 aromatic rings. The maximum atomic E-state index is 12.0. The van der Waals surface area contributed by atoms with Gasteiger partial charge in [-0.15, -0.1) is 0 Å². The normalized spacial score (nSPS) is 21.0. The predicted octanol–water partition coefficient (Wildman–Crippen LogP) is 2.52. The Kier molecular flexibility index (Phi) is 4.23. The molecular formula is C17H21NO3. The number of hydrogen-bond acceptors (Lipinski definition) is 3. The lowest BCUT2D eigenvalue weighted by molar-refractivity contribution is -0.155. The molecule has 2 aliphatic rings. The maximum absolute atomic E-state index is 12.0. The van der Waals surface area contributed by atoms with Crippen molar-refractivity contribution in [1.82, 2.24) is 5.32 Å². The highest BCUT2D eigenvalue weighted by atomic mass is 16.5. The summed E-state index contributed by atoms with van der Waals surface area (Å²) in [5.74, 6) is -0.405. The molecule has 4 nitrogen and oxygen atoms in total. The fourth-order valence-electron chi connectivity index (χ4n) is 3.04. The Morgan fingerprint density at radius 3 is 2.71 bits per heavy atom. The fraction of sp³-hybridized carbons (Fsp3) is 0.529. The topological polar surface area (TPSA) is 55.4 Å². The Morgan fingerprint density at radius 2 is 1.95 bits per heavy atom. The van der Waals surface area contributed by atoms with Crippen molar-refractivity contribution >= 4 is 11.9 Å². The minimum Gasteiger partial charge on any atom is -0.455 e. The molecule has 4 heteroatoms. The summed E-state index contributed by atoms with van der Waals surface area (Å²) in [6, 6.07) is 8.26. The molecule has 0 heterocycles. The Balaban J connectivity index is 1.52. The van der Waals surface area contributed by atoms with Crippen molar-refractivity contribution < 1.29 is 14.3 Å². The quantitative estimate of drug-likeness (QED) is 0.866. The van der Waals surface area contributed by atoms with E-state index in [1.54, 1.807) is 0 Å². The molecule has 0 radical (unpaired) electrons. The molecule has 1 amide bonds. The van der Waals surface area contributed by atoms with Crippen molar-refractivity contribution in [1.29, 1.82) is 0 Å². The molecule has 112 valence electrons. The standard InChI is InChI=1S/C17H21NO3/c19-16(11-21-17(20)13-7-3-8-13)18-15-10-4-6-12-5-1-2-9-14(12)15/h1-2,5,9,13,15H,3-4,6-8,10-11H2,(H,18,19)/t15-/m1/s1. The average Bonchev–Trinajstić information content (AvgIpc) is 2.44. The first-order valence-corrected chi connectivity index (χ1v) is 7.78. The number of esters is 1. The highest BCUT2D eigenvalue weighted by Gasteiger charge is 2.27. The zero-order chi connectivity index (χ0) is 14.7. The van der Waals surface area contributed by atoms with Gasteiger partial charge in [-0.1, -0.05) is 30.7 Å². The van der Waals surface area contributed by atoms with Crippen molar-refractivity contribution in [3.63, 3.8) is 0 Å². The molecule has 0 spiro atoms. The number of benzene rings is 1. The van der Waals surface area contributed by atoms with Crippen molar-refractivity contribution in [3.05, 3.63) is 35.4 Å².